The number of halogens is 3. The second kappa shape index (κ2) is 9.82. The fraction of sp³-hybridized carbons (Fsp3) is 0.450. The van der Waals surface area contributed by atoms with Gasteiger partial charge in [-0.25, -0.2) is 18.7 Å². The molecule has 1 aromatic heterocycles. The van der Waals surface area contributed by atoms with Crippen molar-refractivity contribution in [3.8, 4) is 5.75 Å². The maximum atomic E-state index is 13.2. The number of carbonyl (C=O) groups is 1. The van der Waals surface area contributed by atoms with Crippen LogP contribution in [0.5, 0.6) is 5.75 Å². The van der Waals surface area contributed by atoms with Gasteiger partial charge in [-0.3, -0.25) is 4.79 Å². The molecule has 1 saturated carbocycles. The zero-order valence-electron chi connectivity index (χ0n) is 16.6. The largest absolute Gasteiger partial charge is 0.426 e. The summed E-state index contributed by atoms with van der Waals surface area (Å²) in [6, 6.07) is 5.20. The first-order valence-corrected chi connectivity index (χ1v) is 9.28. The van der Waals surface area contributed by atoms with Crippen LogP contribution in [0, 0.1) is 24.5 Å². The number of ether oxygens (including phenoxy) is 1. The second-order valence-corrected chi connectivity index (χ2v) is 7.24. The highest BCUT2D eigenvalue weighted by atomic mass is 35.5. The minimum atomic E-state index is -1.03. The number of nitrogens with one attached hydrogen (secondary N) is 1. The van der Waals surface area contributed by atoms with E-state index in [1.807, 2.05) is 32.0 Å². The second-order valence-electron chi connectivity index (χ2n) is 7.24. The summed E-state index contributed by atoms with van der Waals surface area (Å²) in [5.74, 6) is -0.343. The minimum Gasteiger partial charge on any atom is -0.426 e. The van der Waals surface area contributed by atoms with Gasteiger partial charge in [0.2, 0.25) is 0 Å². The number of nitrogens with zero attached hydrogens (tertiary/aromatic N) is 3. The van der Waals surface area contributed by atoms with Gasteiger partial charge < -0.3 is 15.0 Å². The molecule has 0 radical (unpaired) electrons. The number of hydrogen-bond acceptors (Lipinski definition) is 6. The van der Waals surface area contributed by atoms with E-state index >= 15 is 0 Å². The van der Waals surface area contributed by atoms with Crippen LogP contribution in [0.1, 0.15) is 31.5 Å². The Hall–Kier alpha value is -2.48. The number of aromatic nitrogens is 2. The lowest BCUT2D eigenvalue weighted by molar-refractivity contribution is -0.140. The fourth-order valence-corrected chi connectivity index (χ4v) is 3.28. The summed E-state index contributed by atoms with van der Waals surface area (Å²) < 4.78 is 31.4. The smallest absolute Gasteiger partial charge is 0.314 e. The fourth-order valence-electron chi connectivity index (χ4n) is 3.28. The molecule has 2 aromatic rings. The van der Waals surface area contributed by atoms with Gasteiger partial charge in [0.25, 0.3) is 0 Å². The third-order valence-electron chi connectivity index (χ3n) is 4.80. The van der Waals surface area contributed by atoms with Crippen molar-refractivity contribution in [2.24, 2.45) is 5.92 Å². The van der Waals surface area contributed by atoms with Crippen LogP contribution in [0.15, 0.2) is 24.3 Å². The average Bonchev–Trinajstić information content (AvgIpc) is 2.65. The summed E-state index contributed by atoms with van der Waals surface area (Å²) in [6.45, 7) is 1.85. The van der Waals surface area contributed by atoms with Crippen LogP contribution in [0.4, 0.5) is 20.4 Å². The van der Waals surface area contributed by atoms with Crippen molar-refractivity contribution < 1.29 is 18.3 Å². The van der Waals surface area contributed by atoms with Crippen LogP contribution in [-0.4, -0.2) is 36.1 Å². The molecule has 1 heterocycles. The Bertz CT molecular complexity index is 858. The highest BCUT2D eigenvalue weighted by Gasteiger charge is 2.28. The standard InChI is InChI=1S/C20H24F2N4O2.ClH/c1-12-23-18(11-19(24-12)26(2)3)25-14-6-4-13(5-7-14)20(27)28-15-8-9-16(21)17(22)10-15;/h8-11,13-14H,4-7H2,1-3H3,(H,23,24,25);1H/t13-,14+;. The molecule has 1 aliphatic carbocycles. The lowest BCUT2D eigenvalue weighted by Crippen LogP contribution is -2.31. The Morgan fingerprint density at radius 1 is 1.10 bits per heavy atom. The van der Waals surface area contributed by atoms with Gasteiger partial charge in [-0.05, 0) is 44.7 Å². The van der Waals surface area contributed by atoms with Gasteiger partial charge in [0.05, 0.1) is 5.92 Å². The first-order chi connectivity index (χ1) is 13.3. The van der Waals surface area contributed by atoms with Crippen molar-refractivity contribution in [1.82, 2.24) is 9.97 Å². The van der Waals surface area contributed by atoms with E-state index < -0.39 is 17.6 Å². The Labute approximate surface area is 175 Å². The van der Waals surface area contributed by atoms with Crippen LogP contribution < -0.4 is 15.0 Å². The van der Waals surface area contributed by atoms with E-state index in [0.29, 0.717) is 18.7 Å². The van der Waals surface area contributed by atoms with Crippen LogP contribution in [0.25, 0.3) is 0 Å². The molecule has 9 heteroatoms. The number of carbonyl (C=O) groups excluding carboxylic acids is 1. The van der Waals surface area contributed by atoms with E-state index in [1.54, 1.807) is 0 Å². The predicted octanol–water partition coefficient (Wildman–Crippen LogP) is 4.13. The van der Waals surface area contributed by atoms with Crippen molar-refractivity contribution in [3.05, 3.63) is 41.7 Å². The number of esters is 1. The molecule has 0 spiro atoms. The number of anilines is 2. The third kappa shape index (κ3) is 6.00. The molecule has 1 aliphatic rings. The van der Waals surface area contributed by atoms with E-state index in [-0.39, 0.29) is 30.1 Å². The lowest BCUT2D eigenvalue weighted by Gasteiger charge is -2.28. The van der Waals surface area contributed by atoms with Gasteiger partial charge in [-0.1, -0.05) is 0 Å². The molecule has 1 N–H and O–H groups in total. The third-order valence-corrected chi connectivity index (χ3v) is 4.80. The minimum absolute atomic E-state index is 0. The first-order valence-electron chi connectivity index (χ1n) is 9.28. The van der Waals surface area contributed by atoms with Gasteiger partial charge in [0, 0.05) is 32.3 Å². The first kappa shape index (κ1) is 22.8. The summed E-state index contributed by atoms with van der Waals surface area (Å²) in [5.41, 5.74) is 0. The average molecular weight is 427 g/mol. The van der Waals surface area contributed by atoms with E-state index in [9.17, 15) is 13.6 Å². The Morgan fingerprint density at radius 2 is 1.79 bits per heavy atom. The molecular formula is C20H25ClF2N4O2. The SMILES string of the molecule is Cc1nc(N[C@H]2CC[C@@H](C(=O)Oc3ccc(F)c(F)c3)CC2)cc(N(C)C)n1.Cl. The van der Waals surface area contributed by atoms with Crippen molar-refractivity contribution in [2.45, 2.75) is 38.6 Å². The molecule has 0 bridgehead atoms. The summed E-state index contributed by atoms with van der Waals surface area (Å²) in [4.78, 5) is 23.0. The molecule has 3 rings (SSSR count). The van der Waals surface area contributed by atoms with Crippen LogP contribution in [0.2, 0.25) is 0 Å². The molecule has 1 fully saturated rings. The highest BCUT2D eigenvalue weighted by Crippen LogP contribution is 2.28. The summed E-state index contributed by atoms with van der Waals surface area (Å²) in [6.07, 6.45) is 2.89. The van der Waals surface area contributed by atoms with E-state index in [2.05, 4.69) is 15.3 Å². The molecule has 6 nitrogen and oxygen atoms in total. The molecular weight excluding hydrogens is 402 g/mol. The van der Waals surface area contributed by atoms with Crippen molar-refractivity contribution in [2.75, 3.05) is 24.3 Å². The molecule has 0 amide bonds. The number of hydrogen-bond donors (Lipinski definition) is 1. The molecule has 1 aromatic carbocycles. The van der Waals surface area contributed by atoms with Gasteiger partial charge in [-0.15, -0.1) is 12.4 Å². The lowest BCUT2D eigenvalue weighted by atomic mass is 9.86. The topological polar surface area (TPSA) is 67.3 Å². The normalized spacial score (nSPS) is 18.5. The summed E-state index contributed by atoms with van der Waals surface area (Å²) in [5, 5.41) is 3.42. The molecule has 29 heavy (non-hydrogen) atoms. The summed E-state index contributed by atoms with van der Waals surface area (Å²) >= 11 is 0. The zero-order valence-corrected chi connectivity index (χ0v) is 17.4. The van der Waals surface area contributed by atoms with Gasteiger partial charge >= 0.3 is 5.97 Å². The van der Waals surface area contributed by atoms with Gasteiger partial charge in [0.15, 0.2) is 11.6 Å². The van der Waals surface area contributed by atoms with E-state index in [1.165, 1.54) is 6.07 Å². The number of aryl methyl sites for hydroxylation is 1. The Kier molecular flexibility index (Phi) is 7.73. The van der Waals surface area contributed by atoms with E-state index in [0.717, 1.165) is 36.6 Å². The van der Waals surface area contributed by atoms with Crippen molar-refractivity contribution >= 4 is 30.0 Å². The Balaban J connectivity index is 0.00000300. The van der Waals surface area contributed by atoms with E-state index in [4.69, 9.17) is 4.74 Å². The Morgan fingerprint density at radius 3 is 2.41 bits per heavy atom. The highest BCUT2D eigenvalue weighted by molar-refractivity contribution is 5.85. The van der Waals surface area contributed by atoms with Crippen molar-refractivity contribution in [3.63, 3.8) is 0 Å². The number of rotatable bonds is 5. The molecule has 0 atom stereocenters. The van der Waals surface area contributed by atoms with Gasteiger partial charge in [0.1, 0.15) is 23.2 Å². The quantitative estimate of drug-likeness (QED) is 0.572. The maximum Gasteiger partial charge on any atom is 0.314 e. The molecule has 158 valence electrons. The predicted molar refractivity (Wildman–Crippen MR) is 110 cm³/mol. The molecule has 0 aliphatic heterocycles. The molecule has 0 saturated heterocycles. The van der Waals surface area contributed by atoms with Crippen LogP contribution >= 0.6 is 12.4 Å². The summed E-state index contributed by atoms with van der Waals surface area (Å²) in [7, 11) is 3.85. The van der Waals surface area contributed by atoms with Crippen molar-refractivity contribution in [1.29, 1.82) is 0 Å². The maximum absolute atomic E-state index is 13.2. The number of benzene rings is 1. The van der Waals surface area contributed by atoms with Gasteiger partial charge in [-0.2, -0.15) is 0 Å². The zero-order chi connectivity index (χ0) is 20.3. The van der Waals surface area contributed by atoms with Crippen LogP contribution in [-0.2, 0) is 4.79 Å². The van der Waals surface area contributed by atoms with Crippen LogP contribution in [0.3, 0.4) is 0 Å². The molecule has 0 unspecified atom stereocenters. The monoisotopic (exact) mass is 426 g/mol.